The van der Waals surface area contributed by atoms with Crippen LogP contribution in [0.3, 0.4) is 0 Å². The van der Waals surface area contributed by atoms with Gasteiger partial charge in [0.25, 0.3) is 0 Å². The van der Waals surface area contributed by atoms with Gasteiger partial charge < -0.3 is 10.2 Å². The fourth-order valence-corrected chi connectivity index (χ4v) is 5.12. The summed E-state index contributed by atoms with van der Waals surface area (Å²) in [4.78, 5) is 25.8. The molecule has 1 aliphatic heterocycles. The van der Waals surface area contributed by atoms with Crippen molar-refractivity contribution in [3.05, 3.63) is 41.0 Å². The van der Waals surface area contributed by atoms with Crippen LogP contribution in [-0.4, -0.2) is 40.4 Å². The standard InChI is InChI=1S/C23H28N4OS/c1-15-6-8-18(9-7-15)20-17(3)29-23-21(20)22(25-14-26-23)24-11-10-19(28)27-12-4-5-16(2)13-27/h6-9,14,16H,4-5,10-13H2,1-3H3,(H,24,25,26). The maximum atomic E-state index is 12.6. The minimum atomic E-state index is 0.231. The number of thiophene rings is 1. The van der Waals surface area contributed by atoms with Crippen LogP contribution in [0.1, 0.15) is 36.6 Å². The number of anilines is 1. The summed E-state index contributed by atoms with van der Waals surface area (Å²) in [7, 11) is 0. The minimum absolute atomic E-state index is 0.231. The lowest BCUT2D eigenvalue weighted by atomic mass is 10.00. The number of rotatable bonds is 5. The number of benzene rings is 1. The van der Waals surface area contributed by atoms with Crippen LogP contribution >= 0.6 is 11.3 Å². The second-order valence-corrected chi connectivity index (χ2v) is 9.27. The maximum absolute atomic E-state index is 12.6. The van der Waals surface area contributed by atoms with Crippen molar-refractivity contribution in [3.63, 3.8) is 0 Å². The average Bonchev–Trinajstić information content (AvgIpc) is 3.05. The maximum Gasteiger partial charge on any atom is 0.224 e. The smallest absolute Gasteiger partial charge is 0.224 e. The molecule has 0 aliphatic carbocycles. The van der Waals surface area contributed by atoms with Gasteiger partial charge in [-0.2, -0.15) is 0 Å². The van der Waals surface area contributed by atoms with Crippen molar-refractivity contribution >= 4 is 33.3 Å². The highest BCUT2D eigenvalue weighted by atomic mass is 32.1. The molecule has 0 spiro atoms. The first-order valence-corrected chi connectivity index (χ1v) is 11.2. The third kappa shape index (κ3) is 4.27. The molecule has 1 N–H and O–H groups in total. The first kappa shape index (κ1) is 19.8. The molecule has 1 atom stereocenters. The molecule has 3 heterocycles. The number of nitrogens with one attached hydrogen (secondary N) is 1. The quantitative estimate of drug-likeness (QED) is 0.643. The Morgan fingerprint density at radius 1 is 1.24 bits per heavy atom. The van der Waals surface area contributed by atoms with E-state index in [4.69, 9.17) is 0 Å². The van der Waals surface area contributed by atoms with Crippen molar-refractivity contribution in [3.8, 4) is 11.1 Å². The molecule has 1 amide bonds. The van der Waals surface area contributed by atoms with Crippen molar-refractivity contribution in [1.29, 1.82) is 0 Å². The van der Waals surface area contributed by atoms with Crippen LogP contribution in [0.25, 0.3) is 21.3 Å². The molecule has 0 radical (unpaired) electrons. The Hall–Kier alpha value is -2.47. The molecule has 1 aromatic carbocycles. The van der Waals surface area contributed by atoms with Crippen molar-refractivity contribution in [2.45, 2.75) is 40.0 Å². The summed E-state index contributed by atoms with van der Waals surface area (Å²) >= 11 is 1.69. The zero-order chi connectivity index (χ0) is 20.4. The molecule has 152 valence electrons. The lowest BCUT2D eigenvalue weighted by molar-refractivity contribution is -0.132. The summed E-state index contributed by atoms with van der Waals surface area (Å²) in [5.41, 5.74) is 3.60. The van der Waals surface area contributed by atoms with Gasteiger partial charge in [0.05, 0.1) is 5.39 Å². The third-order valence-electron chi connectivity index (χ3n) is 5.65. The number of aromatic nitrogens is 2. The fourth-order valence-electron chi connectivity index (χ4n) is 4.11. The Bertz CT molecular complexity index is 1010. The summed E-state index contributed by atoms with van der Waals surface area (Å²) in [5.74, 6) is 1.65. The molecular formula is C23H28N4OS. The first-order valence-electron chi connectivity index (χ1n) is 10.4. The first-order chi connectivity index (χ1) is 14.0. The van der Waals surface area contributed by atoms with E-state index < -0.39 is 0 Å². The predicted molar refractivity (Wildman–Crippen MR) is 120 cm³/mol. The van der Waals surface area contributed by atoms with Crippen LogP contribution in [0.4, 0.5) is 5.82 Å². The number of carbonyl (C=O) groups is 1. The Morgan fingerprint density at radius 2 is 2.03 bits per heavy atom. The average molecular weight is 409 g/mol. The second kappa shape index (κ2) is 8.49. The van der Waals surface area contributed by atoms with E-state index in [9.17, 15) is 4.79 Å². The van der Waals surface area contributed by atoms with Crippen molar-refractivity contribution in [2.75, 3.05) is 25.0 Å². The van der Waals surface area contributed by atoms with Gasteiger partial charge >= 0.3 is 0 Å². The molecule has 3 aromatic rings. The Kier molecular flexibility index (Phi) is 5.81. The van der Waals surface area contributed by atoms with Crippen LogP contribution in [-0.2, 0) is 4.79 Å². The van der Waals surface area contributed by atoms with E-state index in [1.165, 1.54) is 28.0 Å². The fraction of sp³-hybridized carbons (Fsp3) is 0.435. The van der Waals surface area contributed by atoms with Gasteiger partial charge in [-0.1, -0.05) is 36.8 Å². The van der Waals surface area contributed by atoms with Gasteiger partial charge in [0, 0.05) is 36.5 Å². The molecule has 0 bridgehead atoms. The second-order valence-electron chi connectivity index (χ2n) is 8.07. The van der Waals surface area contributed by atoms with E-state index >= 15 is 0 Å². The summed E-state index contributed by atoms with van der Waals surface area (Å²) < 4.78 is 0. The van der Waals surface area contributed by atoms with Crippen LogP contribution in [0.15, 0.2) is 30.6 Å². The summed E-state index contributed by atoms with van der Waals surface area (Å²) in [6.07, 6.45) is 4.43. The highest BCUT2D eigenvalue weighted by Crippen LogP contribution is 2.40. The highest BCUT2D eigenvalue weighted by molar-refractivity contribution is 7.19. The Morgan fingerprint density at radius 3 is 2.79 bits per heavy atom. The molecule has 1 saturated heterocycles. The van der Waals surface area contributed by atoms with Gasteiger partial charge in [0.1, 0.15) is 17.0 Å². The normalized spacial score (nSPS) is 16.9. The summed E-state index contributed by atoms with van der Waals surface area (Å²) in [6, 6.07) is 8.57. The number of aryl methyl sites for hydroxylation is 2. The van der Waals surface area contributed by atoms with Gasteiger partial charge in [-0.25, -0.2) is 9.97 Å². The number of hydrogen-bond acceptors (Lipinski definition) is 5. The van der Waals surface area contributed by atoms with E-state index in [1.807, 2.05) is 4.90 Å². The summed E-state index contributed by atoms with van der Waals surface area (Å²) in [5, 5.41) is 4.47. The van der Waals surface area contributed by atoms with Gasteiger partial charge in [-0.3, -0.25) is 4.79 Å². The summed E-state index contributed by atoms with van der Waals surface area (Å²) in [6.45, 7) is 8.81. The number of likely N-dealkylation sites (tertiary alicyclic amines) is 1. The van der Waals surface area contributed by atoms with Crippen LogP contribution in [0.5, 0.6) is 0 Å². The van der Waals surface area contributed by atoms with Crippen LogP contribution in [0, 0.1) is 19.8 Å². The molecule has 29 heavy (non-hydrogen) atoms. The Balaban J connectivity index is 1.53. The topological polar surface area (TPSA) is 58.1 Å². The van der Waals surface area contributed by atoms with Gasteiger partial charge in [0.15, 0.2) is 0 Å². The lowest BCUT2D eigenvalue weighted by Crippen LogP contribution is -2.39. The van der Waals surface area contributed by atoms with E-state index in [1.54, 1.807) is 17.7 Å². The van der Waals surface area contributed by atoms with E-state index in [0.717, 1.165) is 35.5 Å². The van der Waals surface area contributed by atoms with E-state index in [0.29, 0.717) is 18.9 Å². The molecule has 6 heteroatoms. The monoisotopic (exact) mass is 408 g/mol. The number of nitrogens with zero attached hydrogens (tertiary/aromatic N) is 3. The number of hydrogen-bond donors (Lipinski definition) is 1. The Labute approximate surface area is 176 Å². The molecule has 0 saturated carbocycles. The van der Waals surface area contributed by atoms with Gasteiger partial charge in [-0.05, 0) is 38.2 Å². The van der Waals surface area contributed by atoms with E-state index in [2.05, 4.69) is 60.3 Å². The molecule has 1 aliphatic rings. The van der Waals surface area contributed by atoms with E-state index in [-0.39, 0.29) is 5.91 Å². The number of piperidine rings is 1. The van der Waals surface area contributed by atoms with Crippen molar-refractivity contribution in [1.82, 2.24) is 14.9 Å². The van der Waals surface area contributed by atoms with Gasteiger partial charge in [-0.15, -0.1) is 11.3 Å². The molecule has 1 unspecified atom stereocenters. The third-order valence-corrected chi connectivity index (χ3v) is 6.66. The highest BCUT2D eigenvalue weighted by Gasteiger charge is 2.21. The SMILES string of the molecule is Cc1ccc(-c2c(C)sc3ncnc(NCCC(=O)N4CCCC(C)C4)c23)cc1. The van der Waals surface area contributed by atoms with Crippen molar-refractivity contribution in [2.24, 2.45) is 5.92 Å². The number of amides is 1. The molecule has 5 nitrogen and oxygen atoms in total. The lowest BCUT2D eigenvalue weighted by Gasteiger charge is -2.31. The molecule has 4 rings (SSSR count). The molecule has 1 fully saturated rings. The largest absolute Gasteiger partial charge is 0.369 e. The predicted octanol–water partition coefficient (Wildman–Crippen LogP) is 5.04. The zero-order valence-corrected chi connectivity index (χ0v) is 18.2. The number of carbonyl (C=O) groups excluding carboxylic acids is 1. The van der Waals surface area contributed by atoms with Crippen LogP contribution in [0.2, 0.25) is 0 Å². The van der Waals surface area contributed by atoms with Crippen molar-refractivity contribution < 1.29 is 4.79 Å². The molecular weight excluding hydrogens is 380 g/mol. The van der Waals surface area contributed by atoms with Gasteiger partial charge in [0.2, 0.25) is 5.91 Å². The minimum Gasteiger partial charge on any atom is -0.369 e. The number of fused-ring (bicyclic) bond motifs is 1. The zero-order valence-electron chi connectivity index (χ0n) is 17.4. The van der Waals surface area contributed by atoms with Crippen LogP contribution < -0.4 is 5.32 Å². The molecule has 2 aromatic heterocycles.